The Bertz CT molecular complexity index is 587. The molecule has 0 amide bonds. The Morgan fingerprint density at radius 3 is 2.24 bits per heavy atom. The summed E-state index contributed by atoms with van der Waals surface area (Å²) in [7, 11) is 0. The van der Waals surface area contributed by atoms with E-state index in [1.807, 2.05) is 0 Å². The molecule has 2 rings (SSSR count). The van der Waals surface area contributed by atoms with Gasteiger partial charge in [-0.3, -0.25) is 0 Å². The monoisotopic (exact) mass is 393 g/mol. The molecule has 0 aromatic heterocycles. The van der Waals surface area contributed by atoms with Crippen molar-refractivity contribution < 1.29 is 0 Å². The minimum absolute atomic E-state index is 0.316. The summed E-state index contributed by atoms with van der Waals surface area (Å²) in [6.45, 7) is 8.88. The Morgan fingerprint density at radius 2 is 1.67 bits per heavy atom. The van der Waals surface area contributed by atoms with Crippen LogP contribution in [0.25, 0.3) is 0 Å². The van der Waals surface area contributed by atoms with E-state index in [4.69, 9.17) is 0 Å². The van der Waals surface area contributed by atoms with Gasteiger partial charge in [0.1, 0.15) is 0 Å². The van der Waals surface area contributed by atoms with Gasteiger partial charge in [-0.1, -0.05) is 44.2 Å². The van der Waals surface area contributed by atoms with Crippen LogP contribution in [0.15, 0.2) is 42.5 Å². The molecule has 0 fully saturated rings. The molecule has 21 heavy (non-hydrogen) atoms. The number of hydrogen-bond acceptors (Lipinski definition) is 1. The number of rotatable bonds is 5. The highest BCUT2D eigenvalue weighted by atomic mass is 127. The lowest BCUT2D eigenvalue weighted by atomic mass is 10.00. The average Bonchev–Trinajstić information content (AvgIpc) is 2.43. The molecule has 0 aliphatic rings. The highest BCUT2D eigenvalue weighted by Gasteiger charge is 2.07. The third kappa shape index (κ3) is 4.73. The fourth-order valence-corrected chi connectivity index (χ4v) is 2.95. The van der Waals surface area contributed by atoms with Gasteiger partial charge >= 0.3 is 0 Å². The molecule has 0 saturated heterocycles. The van der Waals surface area contributed by atoms with E-state index in [0.29, 0.717) is 12.0 Å². The van der Waals surface area contributed by atoms with Crippen molar-refractivity contribution in [2.45, 2.75) is 40.2 Å². The van der Waals surface area contributed by atoms with Gasteiger partial charge in [0.15, 0.2) is 0 Å². The molecule has 2 aromatic rings. The van der Waals surface area contributed by atoms with Crippen molar-refractivity contribution in [2.75, 3.05) is 5.32 Å². The summed E-state index contributed by atoms with van der Waals surface area (Å²) in [6, 6.07) is 15.8. The van der Waals surface area contributed by atoms with Gasteiger partial charge in [0.05, 0.1) is 0 Å². The number of hydrogen-bond donors (Lipinski definition) is 1. The summed E-state index contributed by atoms with van der Waals surface area (Å²) in [5, 5.41) is 3.58. The number of nitrogens with one attached hydrogen (secondary N) is 1. The van der Waals surface area contributed by atoms with Crippen molar-refractivity contribution >= 4 is 28.3 Å². The van der Waals surface area contributed by atoms with Gasteiger partial charge in [0.25, 0.3) is 0 Å². The van der Waals surface area contributed by atoms with Gasteiger partial charge in [0, 0.05) is 15.3 Å². The Morgan fingerprint density at radius 1 is 1.00 bits per heavy atom. The van der Waals surface area contributed by atoms with E-state index in [-0.39, 0.29) is 0 Å². The average molecular weight is 393 g/mol. The standard InChI is InChI=1S/C19H24IN/c1-13(2)11-16-6-8-17(9-7-16)15(4)21-18-10-5-14(3)19(20)12-18/h5-10,12-13,15,21H,11H2,1-4H3. The first-order chi connectivity index (χ1) is 9.95. The summed E-state index contributed by atoms with van der Waals surface area (Å²) in [5.74, 6) is 0.709. The first kappa shape index (κ1) is 16.3. The first-order valence-electron chi connectivity index (χ1n) is 7.57. The molecular weight excluding hydrogens is 369 g/mol. The molecule has 0 bridgehead atoms. The van der Waals surface area contributed by atoms with Gasteiger partial charge < -0.3 is 5.32 Å². The van der Waals surface area contributed by atoms with Crippen LogP contribution in [0.4, 0.5) is 5.69 Å². The summed E-state index contributed by atoms with van der Waals surface area (Å²) >= 11 is 2.39. The Hall–Kier alpha value is -1.03. The minimum atomic E-state index is 0.316. The van der Waals surface area contributed by atoms with E-state index in [0.717, 1.165) is 6.42 Å². The van der Waals surface area contributed by atoms with Crippen molar-refractivity contribution in [1.82, 2.24) is 0 Å². The zero-order valence-electron chi connectivity index (χ0n) is 13.3. The van der Waals surface area contributed by atoms with E-state index in [1.54, 1.807) is 0 Å². The summed E-state index contributed by atoms with van der Waals surface area (Å²) in [6.07, 6.45) is 1.15. The Balaban J connectivity index is 2.05. The van der Waals surface area contributed by atoms with Crippen molar-refractivity contribution in [3.63, 3.8) is 0 Å². The molecular formula is C19H24IN. The van der Waals surface area contributed by atoms with Gasteiger partial charge in [0.2, 0.25) is 0 Å². The van der Waals surface area contributed by atoms with E-state index in [1.165, 1.54) is 25.9 Å². The highest BCUT2D eigenvalue weighted by molar-refractivity contribution is 14.1. The number of aryl methyl sites for hydroxylation is 1. The quantitative estimate of drug-likeness (QED) is 0.617. The van der Waals surface area contributed by atoms with Crippen molar-refractivity contribution in [2.24, 2.45) is 5.92 Å². The van der Waals surface area contributed by atoms with E-state index in [2.05, 4.69) is 98.1 Å². The molecule has 2 heteroatoms. The molecule has 0 aliphatic heterocycles. The van der Waals surface area contributed by atoms with Gasteiger partial charge in [-0.15, -0.1) is 0 Å². The smallest absolute Gasteiger partial charge is 0.0485 e. The molecule has 0 radical (unpaired) electrons. The fraction of sp³-hybridized carbons (Fsp3) is 0.368. The van der Waals surface area contributed by atoms with Crippen LogP contribution in [0.3, 0.4) is 0 Å². The van der Waals surface area contributed by atoms with Crippen LogP contribution in [0.1, 0.15) is 43.5 Å². The maximum Gasteiger partial charge on any atom is 0.0485 e. The topological polar surface area (TPSA) is 12.0 Å². The Labute approximate surface area is 142 Å². The normalized spacial score (nSPS) is 12.5. The molecule has 1 atom stereocenters. The maximum absolute atomic E-state index is 3.58. The number of anilines is 1. The second-order valence-electron chi connectivity index (χ2n) is 6.17. The lowest BCUT2D eigenvalue weighted by Gasteiger charge is -2.17. The first-order valence-corrected chi connectivity index (χ1v) is 8.65. The zero-order valence-corrected chi connectivity index (χ0v) is 15.4. The van der Waals surface area contributed by atoms with E-state index < -0.39 is 0 Å². The maximum atomic E-state index is 3.58. The van der Waals surface area contributed by atoms with Crippen molar-refractivity contribution in [1.29, 1.82) is 0 Å². The largest absolute Gasteiger partial charge is 0.378 e. The van der Waals surface area contributed by atoms with Gasteiger partial charge in [-0.25, -0.2) is 0 Å². The van der Waals surface area contributed by atoms with Gasteiger partial charge in [-0.2, -0.15) is 0 Å². The lowest BCUT2D eigenvalue weighted by Crippen LogP contribution is -2.07. The third-order valence-corrected chi connectivity index (χ3v) is 4.84. The van der Waals surface area contributed by atoms with Gasteiger partial charge in [-0.05, 0) is 77.6 Å². The predicted octanol–water partition coefficient (Wildman–Crippen LogP) is 5.97. The zero-order chi connectivity index (χ0) is 15.4. The third-order valence-electron chi connectivity index (χ3n) is 3.68. The van der Waals surface area contributed by atoms with Crippen LogP contribution in [0, 0.1) is 16.4 Å². The van der Waals surface area contributed by atoms with E-state index in [9.17, 15) is 0 Å². The van der Waals surface area contributed by atoms with Crippen LogP contribution in [0.5, 0.6) is 0 Å². The minimum Gasteiger partial charge on any atom is -0.378 e. The molecule has 1 nitrogen and oxygen atoms in total. The highest BCUT2D eigenvalue weighted by Crippen LogP contribution is 2.23. The molecule has 0 heterocycles. The molecule has 0 aliphatic carbocycles. The van der Waals surface area contributed by atoms with Crippen LogP contribution < -0.4 is 5.32 Å². The van der Waals surface area contributed by atoms with Crippen LogP contribution in [0.2, 0.25) is 0 Å². The lowest BCUT2D eigenvalue weighted by molar-refractivity contribution is 0.647. The Kier molecular flexibility index (Phi) is 5.68. The molecule has 1 N–H and O–H groups in total. The van der Waals surface area contributed by atoms with Crippen molar-refractivity contribution in [3.8, 4) is 0 Å². The van der Waals surface area contributed by atoms with Crippen LogP contribution in [-0.4, -0.2) is 0 Å². The molecule has 2 aromatic carbocycles. The van der Waals surface area contributed by atoms with Crippen LogP contribution >= 0.6 is 22.6 Å². The van der Waals surface area contributed by atoms with E-state index >= 15 is 0 Å². The second-order valence-corrected chi connectivity index (χ2v) is 7.33. The fourth-order valence-electron chi connectivity index (χ4n) is 2.43. The summed E-state index contributed by atoms with van der Waals surface area (Å²) in [5.41, 5.74) is 5.26. The summed E-state index contributed by atoms with van der Waals surface area (Å²) in [4.78, 5) is 0. The van der Waals surface area contributed by atoms with Crippen LogP contribution in [-0.2, 0) is 6.42 Å². The second kappa shape index (κ2) is 7.30. The SMILES string of the molecule is Cc1ccc(NC(C)c2ccc(CC(C)C)cc2)cc1I. The number of benzene rings is 2. The molecule has 0 saturated carbocycles. The summed E-state index contributed by atoms with van der Waals surface area (Å²) < 4.78 is 1.30. The van der Waals surface area contributed by atoms with Crippen molar-refractivity contribution in [3.05, 3.63) is 62.7 Å². The molecule has 112 valence electrons. The predicted molar refractivity (Wildman–Crippen MR) is 101 cm³/mol. The number of halogens is 1. The molecule has 0 spiro atoms. The molecule has 1 unspecified atom stereocenters.